The quantitative estimate of drug-likeness (QED) is 0.181. The molecule has 0 heterocycles. The van der Waals surface area contributed by atoms with Crippen LogP contribution in [0.4, 0.5) is 5.69 Å². The van der Waals surface area contributed by atoms with E-state index in [9.17, 15) is 18.0 Å². The van der Waals surface area contributed by atoms with Crippen molar-refractivity contribution in [1.29, 1.82) is 0 Å². The van der Waals surface area contributed by atoms with Crippen molar-refractivity contribution >= 4 is 62.3 Å². The zero-order valence-electron chi connectivity index (χ0n) is 25.0. The van der Waals surface area contributed by atoms with Crippen LogP contribution < -0.4 is 19.1 Å². The maximum absolute atomic E-state index is 14.2. The monoisotopic (exact) mass is 683 g/mol. The van der Waals surface area contributed by atoms with E-state index in [1.165, 1.54) is 61.6 Å². The summed E-state index contributed by atoms with van der Waals surface area (Å²) in [5, 5.41) is 3.89. The van der Waals surface area contributed by atoms with E-state index in [4.69, 9.17) is 44.3 Å². The van der Waals surface area contributed by atoms with Crippen LogP contribution in [0, 0.1) is 0 Å². The number of nitrogens with zero attached hydrogens (tertiary/aromatic N) is 2. The molecule has 0 spiro atoms. The van der Waals surface area contributed by atoms with E-state index in [2.05, 4.69) is 5.32 Å². The third-order valence-corrected chi connectivity index (χ3v) is 9.67. The molecular weight excluding hydrogens is 649 g/mol. The molecule has 0 saturated carbocycles. The third-order valence-electron chi connectivity index (χ3n) is 6.94. The number of benzene rings is 3. The lowest BCUT2D eigenvalue weighted by atomic mass is 10.1. The summed E-state index contributed by atoms with van der Waals surface area (Å²) in [6.45, 7) is 3.45. The maximum atomic E-state index is 14.2. The lowest BCUT2D eigenvalue weighted by molar-refractivity contribution is -0.140. The molecule has 13 heteroatoms. The molecule has 0 unspecified atom stereocenters. The molecule has 9 nitrogen and oxygen atoms in total. The molecule has 0 radical (unpaired) electrons. The van der Waals surface area contributed by atoms with Gasteiger partial charge in [-0.05, 0) is 61.4 Å². The predicted molar refractivity (Wildman–Crippen MR) is 175 cm³/mol. The van der Waals surface area contributed by atoms with Gasteiger partial charge in [0.05, 0.1) is 24.8 Å². The highest BCUT2D eigenvalue weighted by molar-refractivity contribution is 7.92. The molecule has 0 bridgehead atoms. The van der Waals surface area contributed by atoms with Gasteiger partial charge in [-0.3, -0.25) is 13.9 Å². The number of anilines is 1. The van der Waals surface area contributed by atoms with Crippen LogP contribution in [-0.4, -0.2) is 58.5 Å². The summed E-state index contributed by atoms with van der Waals surface area (Å²) >= 11 is 19.0. The van der Waals surface area contributed by atoms with Crippen molar-refractivity contribution in [1.82, 2.24) is 10.2 Å². The largest absolute Gasteiger partial charge is 0.493 e. The highest BCUT2D eigenvalue weighted by Crippen LogP contribution is 2.33. The fraction of sp³-hybridized carbons (Fsp3) is 0.355. The first-order chi connectivity index (χ1) is 21.0. The number of hydrogen-bond donors (Lipinski definition) is 1. The van der Waals surface area contributed by atoms with Gasteiger partial charge in [-0.15, -0.1) is 0 Å². The van der Waals surface area contributed by atoms with Gasteiger partial charge in [-0.25, -0.2) is 8.42 Å². The van der Waals surface area contributed by atoms with Gasteiger partial charge < -0.3 is 19.7 Å². The van der Waals surface area contributed by atoms with Gasteiger partial charge >= 0.3 is 0 Å². The van der Waals surface area contributed by atoms with Gasteiger partial charge in [0, 0.05) is 39.8 Å². The number of halogens is 3. The van der Waals surface area contributed by atoms with Gasteiger partial charge in [0.15, 0.2) is 11.5 Å². The summed E-state index contributed by atoms with van der Waals surface area (Å²) in [5.41, 5.74) is 0.624. The van der Waals surface area contributed by atoms with Crippen molar-refractivity contribution < 1.29 is 27.5 Å². The van der Waals surface area contributed by atoms with Crippen molar-refractivity contribution in [2.75, 3.05) is 31.6 Å². The summed E-state index contributed by atoms with van der Waals surface area (Å²) in [6.07, 6.45) is 1.90. The van der Waals surface area contributed by atoms with Gasteiger partial charge in [-0.1, -0.05) is 61.1 Å². The Balaban J connectivity index is 2.11. The fourth-order valence-corrected chi connectivity index (χ4v) is 6.59. The van der Waals surface area contributed by atoms with Crippen LogP contribution in [0.3, 0.4) is 0 Å². The Morgan fingerprint density at radius 2 is 1.55 bits per heavy atom. The smallest absolute Gasteiger partial charge is 0.264 e. The first-order valence-electron chi connectivity index (χ1n) is 14.0. The van der Waals surface area contributed by atoms with Crippen LogP contribution in [0.1, 0.15) is 38.7 Å². The highest BCUT2D eigenvalue weighted by atomic mass is 35.5. The van der Waals surface area contributed by atoms with E-state index in [0.717, 1.165) is 17.1 Å². The highest BCUT2D eigenvalue weighted by Gasteiger charge is 2.34. The number of hydrogen-bond acceptors (Lipinski definition) is 6. The minimum absolute atomic E-state index is 0.123. The van der Waals surface area contributed by atoms with Crippen molar-refractivity contribution in [3.05, 3.63) is 81.3 Å². The summed E-state index contributed by atoms with van der Waals surface area (Å²) in [6, 6.07) is 14.2. The number of ether oxygens (including phenoxy) is 2. The Bertz CT molecular complexity index is 1530. The normalized spacial score (nSPS) is 11.9. The Morgan fingerprint density at radius 1 is 0.909 bits per heavy atom. The standard InChI is InChI=1S/C31H36Cl3N3O6S/c1-5-7-17-35-31(39)27(6-2)36(19-24-25(33)9-8-10-26(24)34)30(38)20-37(22-13-11-21(32)12-14-22)44(40,41)23-15-16-28(42-3)29(18-23)43-4/h8-16,18,27H,5-7,17,19-20H2,1-4H3,(H,35,39)/t27-/m1/s1. The molecule has 3 aromatic carbocycles. The van der Waals surface area contributed by atoms with Crippen molar-refractivity contribution in [2.24, 2.45) is 0 Å². The molecule has 0 saturated heterocycles. The molecule has 238 valence electrons. The number of unbranched alkanes of at least 4 members (excludes halogenated alkanes) is 1. The predicted octanol–water partition coefficient (Wildman–Crippen LogP) is 6.58. The molecule has 1 atom stereocenters. The van der Waals surface area contributed by atoms with E-state index >= 15 is 0 Å². The van der Waals surface area contributed by atoms with E-state index in [1.807, 2.05) is 6.92 Å². The lowest BCUT2D eigenvalue weighted by Crippen LogP contribution is -2.52. The fourth-order valence-electron chi connectivity index (χ4n) is 4.52. The Hall–Kier alpha value is -3.18. The molecule has 0 aliphatic rings. The van der Waals surface area contributed by atoms with Gasteiger partial charge in [0.25, 0.3) is 10.0 Å². The van der Waals surface area contributed by atoms with Crippen LogP contribution in [0.2, 0.25) is 15.1 Å². The first kappa shape index (κ1) is 35.3. The van der Waals surface area contributed by atoms with Gasteiger partial charge in [0.2, 0.25) is 11.8 Å². The molecule has 3 aromatic rings. The number of nitrogens with one attached hydrogen (secondary N) is 1. The SMILES string of the molecule is CCCCNC(=O)[C@@H](CC)N(Cc1c(Cl)cccc1Cl)C(=O)CN(c1ccc(Cl)cc1)S(=O)(=O)c1ccc(OC)c(OC)c1. The second-order valence-corrected chi connectivity index (χ2v) is 12.9. The summed E-state index contributed by atoms with van der Waals surface area (Å²) < 4.78 is 39.9. The molecule has 1 N–H and O–H groups in total. The second-order valence-electron chi connectivity index (χ2n) is 9.80. The van der Waals surface area contributed by atoms with Crippen molar-refractivity contribution in [3.8, 4) is 11.5 Å². The molecule has 3 rings (SSSR count). The lowest BCUT2D eigenvalue weighted by Gasteiger charge is -2.33. The summed E-state index contributed by atoms with van der Waals surface area (Å²) in [5.74, 6) is -0.472. The maximum Gasteiger partial charge on any atom is 0.264 e. The second kappa shape index (κ2) is 16.2. The average molecular weight is 685 g/mol. The van der Waals surface area contributed by atoms with Crippen molar-refractivity contribution in [3.63, 3.8) is 0 Å². The first-order valence-corrected chi connectivity index (χ1v) is 16.6. The Morgan fingerprint density at radius 3 is 2.11 bits per heavy atom. The van der Waals surface area contributed by atoms with Gasteiger partial charge in [-0.2, -0.15) is 0 Å². The number of carbonyl (C=O) groups excluding carboxylic acids is 2. The van der Waals surface area contributed by atoms with Crippen LogP contribution in [0.15, 0.2) is 65.6 Å². The molecule has 44 heavy (non-hydrogen) atoms. The van der Waals surface area contributed by atoms with E-state index in [0.29, 0.717) is 32.9 Å². The van der Waals surface area contributed by atoms with Crippen LogP contribution in [0.25, 0.3) is 0 Å². The average Bonchev–Trinajstić information content (AvgIpc) is 3.01. The summed E-state index contributed by atoms with van der Waals surface area (Å²) in [7, 11) is -1.53. The molecule has 0 aliphatic carbocycles. The molecule has 0 aromatic heterocycles. The van der Waals surface area contributed by atoms with Crippen LogP contribution in [-0.2, 0) is 26.2 Å². The van der Waals surface area contributed by atoms with E-state index in [1.54, 1.807) is 25.1 Å². The van der Waals surface area contributed by atoms with Crippen LogP contribution >= 0.6 is 34.8 Å². The number of sulfonamides is 1. The topological polar surface area (TPSA) is 105 Å². The summed E-state index contributed by atoms with van der Waals surface area (Å²) in [4.78, 5) is 28.8. The zero-order valence-corrected chi connectivity index (χ0v) is 28.1. The van der Waals surface area contributed by atoms with E-state index in [-0.39, 0.29) is 35.2 Å². The third kappa shape index (κ3) is 8.50. The van der Waals surface area contributed by atoms with Crippen molar-refractivity contribution in [2.45, 2.75) is 50.6 Å². The molecule has 0 aliphatic heterocycles. The Labute approximate surface area is 274 Å². The Kier molecular flexibility index (Phi) is 13.0. The zero-order chi connectivity index (χ0) is 32.4. The van der Waals surface area contributed by atoms with Gasteiger partial charge in [0.1, 0.15) is 12.6 Å². The number of amides is 2. The van der Waals surface area contributed by atoms with Crippen LogP contribution in [0.5, 0.6) is 11.5 Å². The molecule has 0 fully saturated rings. The molecular formula is C31H36Cl3N3O6S. The minimum atomic E-state index is -4.36. The minimum Gasteiger partial charge on any atom is -0.493 e. The molecule has 2 amide bonds. The number of carbonyl (C=O) groups is 2. The number of methoxy groups -OCH3 is 2. The van der Waals surface area contributed by atoms with E-state index < -0.39 is 28.5 Å². The number of rotatable bonds is 15.